The molecule has 0 radical (unpaired) electrons. The summed E-state index contributed by atoms with van der Waals surface area (Å²) in [5, 5.41) is 0. The smallest absolute Gasteiger partial charge is 0.340 e. The molecule has 1 unspecified atom stereocenters. The Morgan fingerprint density at radius 2 is 1.67 bits per heavy atom. The highest BCUT2D eigenvalue weighted by atomic mass is 31.2. The fourth-order valence-corrected chi connectivity index (χ4v) is 6.40. The van der Waals surface area contributed by atoms with Gasteiger partial charge in [0.25, 0.3) is 0 Å². The Labute approximate surface area is 212 Å². The first-order valence-electron chi connectivity index (χ1n) is 12.4. The molecule has 2 aromatic rings. The zero-order valence-corrected chi connectivity index (χ0v) is 21.6. The molecule has 194 valence electrons. The number of hydrogen-bond donors (Lipinski definition) is 0. The first-order chi connectivity index (χ1) is 17.4. The lowest BCUT2D eigenvalue weighted by Crippen LogP contribution is -2.43. The van der Waals surface area contributed by atoms with E-state index in [1.807, 2.05) is 18.2 Å². The Bertz CT molecular complexity index is 1040. The number of amides is 1. The van der Waals surface area contributed by atoms with E-state index in [4.69, 9.17) is 14.0 Å². The average Bonchev–Trinajstić information content (AvgIpc) is 3.38. The summed E-state index contributed by atoms with van der Waals surface area (Å²) in [7, 11) is -3.19. The van der Waals surface area contributed by atoms with Crippen LogP contribution in [0.25, 0.3) is 0 Å². The second-order valence-corrected chi connectivity index (χ2v) is 11.3. The molecule has 1 heterocycles. The Morgan fingerprint density at radius 1 is 0.972 bits per heavy atom. The van der Waals surface area contributed by atoms with Crippen molar-refractivity contribution in [2.45, 2.75) is 45.1 Å². The standard InChI is InChI=1S/C27H34NO7P/c1-2-35-36(32,19-10-9-14-22-12-5-3-6-13-22)20-25(29)28-18-11-17-24(28)27(31)34-21-33-26(30)23-15-7-4-8-16-23/h3-8,12-13,15-16,24H,2,9-11,14,17-21H2,1H3/t24-,36?/m0/s1. The van der Waals surface area contributed by atoms with Crippen LogP contribution in [-0.4, -0.2) is 61.1 Å². The molecule has 36 heavy (non-hydrogen) atoms. The number of ether oxygens (including phenoxy) is 2. The van der Waals surface area contributed by atoms with Gasteiger partial charge < -0.3 is 18.9 Å². The lowest BCUT2D eigenvalue weighted by Gasteiger charge is -2.25. The summed E-state index contributed by atoms with van der Waals surface area (Å²) in [4.78, 5) is 39.1. The van der Waals surface area contributed by atoms with Crippen molar-refractivity contribution in [3.63, 3.8) is 0 Å². The maximum absolute atomic E-state index is 13.4. The molecular formula is C27H34NO7P. The fourth-order valence-electron chi connectivity index (χ4n) is 4.25. The van der Waals surface area contributed by atoms with Gasteiger partial charge in [-0.15, -0.1) is 0 Å². The van der Waals surface area contributed by atoms with E-state index in [1.165, 1.54) is 10.5 Å². The zero-order valence-electron chi connectivity index (χ0n) is 20.7. The number of esters is 2. The van der Waals surface area contributed by atoms with Crippen molar-refractivity contribution >= 4 is 25.2 Å². The number of rotatable bonds is 13. The van der Waals surface area contributed by atoms with Gasteiger partial charge in [0.15, 0.2) is 0 Å². The Hall–Kier alpha value is -2.96. The van der Waals surface area contributed by atoms with Gasteiger partial charge >= 0.3 is 11.9 Å². The molecule has 0 bridgehead atoms. The molecule has 2 aromatic carbocycles. The highest BCUT2D eigenvalue weighted by Gasteiger charge is 2.38. The lowest BCUT2D eigenvalue weighted by molar-refractivity contribution is -0.160. The van der Waals surface area contributed by atoms with Crippen LogP contribution in [0.3, 0.4) is 0 Å². The Kier molecular flexibility index (Phi) is 10.7. The number of hydrogen-bond acceptors (Lipinski definition) is 7. The third kappa shape index (κ3) is 8.32. The molecule has 8 nitrogen and oxygen atoms in total. The Balaban J connectivity index is 1.48. The maximum atomic E-state index is 13.4. The zero-order chi connectivity index (χ0) is 25.8. The van der Waals surface area contributed by atoms with Gasteiger partial charge in [-0.05, 0) is 56.7 Å². The van der Waals surface area contributed by atoms with E-state index >= 15 is 0 Å². The van der Waals surface area contributed by atoms with Crippen molar-refractivity contribution in [2.75, 3.05) is 32.3 Å². The van der Waals surface area contributed by atoms with Crippen LogP contribution in [-0.2, 0) is 34.6 Å². The van der Waals surface area contributed by atoms with Gasteiger partial charge in [0.1, 0.15) is 12.2 Å². The largest absolute Gasteiger partial charge is 0.426 e. The van der Waals surface area contributed by atoms with E-state index in [2.05, 4.69) is 12.1 Å². The highest BCUT2D eigenvalue weighted by molar-refractivity contribution is 7.59. The first kappa shape index (κ1) is 27.6. The quantitative estimate of drug-likeness (QED) is 0.165. The monoisotopic (exact) mass is 515 g/mol. The second kappa shape index (κ2) is 14.0. The normalized spacial score (nSPS) is 16.8. The van der Waals surface area contributed by atoms with Crippen molar-refractivity contribution in [2.24, 2.45) is 0 Å². The van der Waals surface area contributed by atoms with Gasteiger partial charge in [-0.25, -0.2) is 9.59 Å². The minimum absolute atomic E-state index is 0.237. The molecule has 0 aliphatic carbocycles. The predicted octanol–water partition coefficient (Wildman–Crippen LogP) is 4.67. The third-order valence-electron chi connectivity index (χ3n) is 6.04. The van der Waals surface area contributed by atoms with Crippen LogP contribution in [0.2, 0.25) is 0 Å². The van der Waals surface area contributed by atoms with Crippen LogP contribution < -0.4 is 0 Å². The molecule has 0 aromatic heterocycles. The van der Waals surface area contributed by atoms with Gasteiger partial charge in [-0.1, -0.05) is 48.5 Å². The SMILES string of the molecule is CCOP(=O)(CCCCc1ccccc1)CC(=O)N1CCC[C@H]1C(=O)OCOC(=O)c1ccccc1. The summed E-state index contributed by atoms with van der Waals surface area (Å²) in [6, 6.07) is 17.6. The van der Waals surface area contributed by atoms with Gasteiger partial charge in [0, 0.05) is 12.7 Å². The van der Waals surface area contributed by atoms with Crippen LogP contribution in [0.1, 0.15) is 48.5 Å². The molecule has 1 aliphatic rings. The summed E-state index contributed by atoms with van der Waals surface area (Å²) in [5.41, 5.74) is 1.56. The van der Waals surface area contributed by atoms with Crippen molar-refractivity contribution < 1.29 is 32.9 Å². The van der Waals surface area contributed by atoms with Crippen LogP contribution >= 0.6 is 7.37 Å². The van der Waals surface area contributed by atoms with Crippen molar-refractivity contribution in [1.29, 1.82) is 0 Å². The van der Waals surface area contributed by atoms with Crippen molar-refractivity contribution in [3.8, 4) is 0 Å². The molecule has 0 N–H and O–H groups in total. The predicted molar refractivity (Wildman–Crippen MR) is 136 cm³/mol. The summed E-state index contributed by atoms with van der Waals surface area (Å²) in [5.74, 6) is -1.63. The van der Waals surface area contributed by atoms with Crippen molar-refractivity contribution in [1.82, 2.24) is 4.90 Å². The van der Waals surface area contributed by atoms with Crippen molar-refractivity contribution in [3.05, 3.63) is 71.8 Å². The lowest BCUT2D eigenvalue weighted by atomic mass is 10.1. The minimum Gasteiger partial charge on any atom is -0.426 e. The Morgan fingerprint density at radius 3 is 2.36 bits per heavy atom. The van der Waals surface area contributed by atoms with E-state index in [1.54, 1.807) is 37.3 Å². The summed E-state index contributed by atoms with van der Waals surface area (Å²) < 4.78 is 29.1. The number of benzene rings is 2. The van der Waals surface area contributed by atoms with Gasteiger partial charge in [0.05, 0.1) is 12.2 Å². The molecule has 9 heteroatoms. The van der Waals surface area contributed by atoms with Crippen LogP contribution in [0.4, 0.5) is 0 Å². The summed E-state index contributed by atoms with van der Waals surface area (Å²) >= 11 is 0. The number of carbonyl (C=O) groups is 3. The fraction of sp³-hybridized carbons (Fsp3) is 0.444. The molecule has 2 atom stereocenters. The van der Waals surface area contributed by atoms with Crippen LogP contribution in [0, 0.1) is 0 Å². The summed E-state index contributed by atoms with van der Waals surface area (Å²) in [6.45, 7) is 1.85. The van der Waals surface area contributed by atoms with E-state index in [0.717, 1.165) is 12.8 Å². The number of nitrogens with zero attached hydrogens (tertiary/aromatic N) is 1. The van der Waals surface area contributed by atoms with Crippen LogP contribution in [0.5, 0.6) is 0 Å². The highest BCUT2D eigenvalue weighted by Crippen LogP contribution is 2.48. The number of likely N-dealkylation sites (tertiary alicyclic amines) is 1. The van der Waals surface area contributed by atoms with Gasteiger partial charge in [0.2, 0.25) is 20.1 Å². The molecule has 0 saturated carbocycles. The molecule has 1 saturated heterocycles. The van der Waals surface area contributed by atoms with E-state index in [0.29, 0.717) is 37.5 Å². The third-order valence-corrected chi connectivity index (χ3v) is 8.52. The molecule has 3 rings (SSSR count). The molecule has 0 spiro atoms. The van der Waals surface area contributed by atoms with Gasteiger partial charge in [-0.2, -0.15) is 0 Å². The minimum atomic E-state index is -3.19. The molecule has 1 amide bonds. The van der Waals surface area contributed by atoms with Crippen LogP contribution in [0.15, 0.2) is 60.7 Å². The van der Waals surface area contributed by atoms with E-state index in [-0.39, 0.29) is 18.7 Å². The molecule has 1 fully saturated rings. The maximum Gasteiger partial charge on any atom is 0.340 e. The van der Waals surface area contributed by atoms with Gasteiger partial charge in [-0.3, -0.25) is 9.36 Å². The number of unbranched alkanes of at least 4 members (excludes halogenated alkanes) is 1. The molecular weight excluding hydrogens is 481 g/mol. The molecule has 1 aliphatic heterocycles. The van der Waals surface area contributed by atoms with E-state index in [9.17, 15) is 18.9 Å². The second-order valence-electron chi connectivity index (χ2n) is 8.68. The summed E-state index contributed by atoms with van der Waals surface area (Å²) in [6.07, 6.45) is 3.54. The number of aryl methyl sites for hydroxylation is 1. The average molecular weight is 516 g/mol. The topological polar surface area (TPSA) is 99.2 Å². The first-order valence-corrected chi connectivity index (χ1v) is 14.4. The van der Waals surface area contributed by atoms with E-state index < -0.39 is 32.1 Å². The number of carbonyl (C=O) groups excluding carboxylic acids is 3.